The van der Waals surface area contributed by atoms with E-state index in [9.17, 15) is 26.3 Å². The Morgan fingerprint density at radius 3 is 0.918 bits per heavy atom. The van der Waals surface area contributed by atoms with Crippen LogP contribution in [0.2, 0.25) is 0 Å². The van der Waals surface area contributed by atoms with Gasteiger partial charge in [0.1, 0.15) is 11.5 Å². The molecule has 8 heteroatoms. The maximum Gasteiger partial charge on any atom is 0.573 e. The lowest BCUT2D eigenvalue weighted by Crippen LogP contribution is -2.17. The van der Waals surface area contributed by atoms with E-state index in [0.29, 0.717) is 0 Å². The van der Waals surface area contributed by atoms with Gasteiger partial charge in [-0.15, -0.1) is 26.3 Å². The number of rotatable bonds is 12. The third-order valence-corrected chi connectivity index (χ3v) is 9.30. The molecule has 0 radical (unpaired) electrons. The van der Waals surface area contributed by atoms with E-state index >= 15 is 0 Å². The van der Waals surface area contributed by atoms with Crippen molar-refractivity contribution in [2.75, 3.05) is 0 Å². The molecule has 0 aliphatic rings. The average molecular weight is 685 g/mol. The Bertz CT molecular complexity index is 1580. The molecule has 4 aromatic rings. The minimum Gasteiger partial charge on any atom is -0.406 e. The van der Waals surface area contributed by atoms with Crippen molar-refractivity contribution in [3.8, 4) is 33.8 Å². The van der Waals surface area contributed by atoms with Gasteiger partial charge in [0.25, 0.3) is 0 Å². The summed E-state index contributed by atoms with van der Waals surface area (Å²) >= 11 is 0. The Hall–Kier alpha value is -3.94. The summed E-state index contributed by atoms with van der Waals surface area (Å²) in [5.74, 6) is -0.398. The first-order chi connectivity index (χ1) is 22.8. The Labute approximate surface area is 286 Å². The van der Waals surface area contributed by atoms with Crippen molar-refractivity contribution in [3.05, 3.63) is 104 Å². The van der Waals surface area contributed by atoms with Crippen molar-refractivity contribution >= 4 is 0 Å². The number of ether oxygens (including phenoxy) is 2. The smallest absolute Gasteiger partial charge is 0.406 e. The van der Waals surface area contributed by atoms with Crippen molar-refractivity contribution in [1.82, 2.24) is 0 Å². The van der Waals surface area contributed by atoms with Crippen LogP contribution in [0.15, 0.2) is 48.5 Å². The first kappa shape index (κ1) is 37.9. The van der Waals surface area contributed by atoms with Gasteiger partial charge in [-0.2, -0.15) is 0 Å². The van der Waals surface area contributed by atoms with Gasteiger partial charge in [-0.05, 0) is 183 Å². The molecule has 0 heterocycles. The van der Waals surface area contributed by atoms with Crippen LogP contribution in [0.25, 0.3) is 22.3 Å². The summed E-state index contributed by atoms with van der Waals surface area (Å²) in [7, 11) is 0. The number of halogens is 6. The maximum atomic E-state index is 12.7. The van der Waals surface area contributed by atoms with Crippen LogP contribution in [0.4, 0.5) is 26.3 Å². The van der Waals surface area contributed by atoms with E-state index in [-0.39, 0.29) is 11.5 Å². The molecule has 0 bridgehead atoms. The molecule has 2 nitrogen and oxygen atoms in total. The zero-order valence-electron chi connectivity index (χ0n) is 29.7. The van der Waals surface area contributed by atoms with E-state index in [0.717, 1.165) is 89.5 Å². The van der Waals surface area contributed by atoms with Gasteiger partial charge >= 0.3 is 12.7 Å². The van der Waals surface area contributed by atoms with Crippen molar-refractivity contribution < 1.29 is 35.8 Å². The number of alkyl halides is 6. The molecular weight excluding hydrogens is 638 g/mol. The summed E-state index contributed by atoms with van der Waals surface area (Å²) in [4.78, 5) is 0. The molecule has 0 saturated heterocycles. The summed E-state index contributed by atoms with van der Waals surface area (Å²) in [6.45, 7) is 15.7. The van der Waals surface area contributed by atoms with Crippen LogP contribution < -0.4 is 9.47 Å². The van der Waals surface area contributed by atoms with E-state index in [2.05, 4.69) is 61.4 Å². The van der Waals surface area contributed by atoms with Crippen LogP contribution in [-0.4, -0.2) is 12.7 Å². The minimum absolute atomic E-state index is 0.199. The van der Waals surface area contributed by atoms with E-state index in [1.165, 1.54) is 57.6 Å². The highest BCUT2D eigenvalue weighted by atomic mass is 19.4. The van der Waals surface area contributed by atoms with E-state index in [1.807, 2.05) is 27.7 Å². The standard InChI is InChI=1S/C41H46F6O2/c1-24-16-32(38-28(5)20-34(21-29(38)6)48-40(42,43)44)17-25(2)36(24)14-12-10-9-11-13-15-37-26(3)18-33(19-27(37)4)39-30(7)22-35(23-31(39)8)49-41(45,46)47/h16-23H,9-15H2,1-8H3. The predicted molar refractivity (Wildman–Crippen MR) is 186 cm³/mol. The van der Waals surface area contributed by atoms with Crippen LogP contribution in [0.5, 0.6) is 11.5 Å². The number of hydrogen-bond acceptors (Lipinski definition) is 2. The Morgan fingerprint density at radius 2 is 0.653 bits per heavy atom. The molecule has 0 N–H and O–H groups in total. The summed E-state index contributed by atoms with van der Waals surface area (Å²) in [5.41, 5.74) is 14.3. The number of aryl methyl sites for hydroxylation is 8. The van der Waals surface area contributed by atoms with Gasteiger partial charge in [-0.25, -0.2) is 0 Å². The van der Waals surface area contributed by atoms with Crippen LogP contribution in [-0.2, 0) is 12.8 Å². The molecule has 49 heavy (non-hydrogen) atoms. The fourth-order valence-electron chi connectivity index (χ4n) is 7.34. The minimum atomic E-state index is -4.72. The summed E-state index contributed by atoms with van der Waals surface area (Å²) in [6, 6.07) is 14.3. The van der Waals surface area contributed by atoms with Crippen LogP contribution in [0, 0.1) is 55.4 Å². The normalized spacial score (nSPS) is 12.0. The second-order valence-corrected chi connectivity index (χ2v) is 13.4. The summed E-state index contributed by atoms with van der Waals surface area (Å²) in [6.07, 6.45) is -1.91. The lowest BCUT2D eigenvalue weighted by molar-refractivity contribution is -0.275. The van der Waals surface area contributed by atoms with Gasteiger partial charge in [0.05, 0.1) is 0 Å². The molecule has 0 amide bonds. The molecule has 0 aliphatic carbocycles. The molecule has 0 aliphatic heterocycles. The quantitative estimate of drug-likeness (QED) is 0.109. The second kappa shape index (κ2) is 15.3. The van der Waals surface area contributed by atoms with Crippen LogP contribution in [0.3, 0.4) is 0 Å². The summed E-state index contributed by atoms with van der Waals surface area (Å²) < 4.78 is 84.7. The average Bonchev–Trinajstić information content (AvgIpc) is 2.92. The molecule has 0 saturated carbocycles. The Morgan fingerprint density at radius 1 is 0.388 bits per heavy atom. The van der Waals surface area contributed by atoms with E-state index in [1.54, 1.807) is 0 Å². The lowest BCUT2D eigenvalue weighted by atomic mass is 9.88. The molecule has 0 aromatic heterocycles. The van der Waals surface area contributed by atoms with Crippen LogP contribution >= 0.6 is 0 Å². The topological polar surface area (TPSA) is 18.5 Å². The molecule has 4 rings (SSSR count). The molecule has 264 valence electrons. The van der Waals surface area contributed by atoms with Gasteiger partial charge in [0.2, 0.25) is 0 Å². The highest BCUT2D eigenvalue weighted by molar-refractivity contribution is 5.75. The lowest BCUT2D eigenvalue weighted by Gasteiger charge is -2.18. The van der Waals surface area contributed by atoms with Gasteiger partial charge < -0.3 is 9.47 Å². The number of unbranched alkanes of at least 4 members (excludes halogenated alkanes) is 4. The largest absolute Gasteiger partial charge is 0.573 e. The summed E-state index contributed by atoms with van der Waals surface area (Å²) in [5, 5.41) is 0. The number of benzene rings is 4. The van der Waals surface area contributed by atoms with Gasteiger partial charge in [-0.1, -0.05) is 43.5 Å². The van der Waals surface area contributed by atoms with Crippen molar-refractivity contribution in [2.45, 2.75) is 113 Å². The van der Waals surface area contributed by atoms with Crippen molar-refractivity contribution in [2.24, 2.45) is 0 Å². The van der Waals surface area contributed by atoms with Gasteiger partial charge in [0, 0.05) is 0 Å². The predicted octanol–water partition coefficient (Wildman–Crippen LogP) is 13.0. The highest BCUT2D eigenvalue weighted by Crippen LogP contribution is 2.37. The zero-order valence-corrected chi connectivity index (χ0v) is 29.7. The second-order valence-electron chi connectivity index (χ2n) is 13.4. The maximum absolute atomic E-state index is 12.7. The molecular formula is C41H46F6O2. The number of hydrogen-bond donors (Lipinski definition) is 0. The fraction of sp³-hybridized carbons (Fsp3) is 0.415. The molecule has 4 aromatic carbocycles. The Balaban J connectivity index is 1.30. The third kappa shape index (κ3) is 10.1. The van der Waals surface area contributed by atoms with E-state index < -0.39 is 12.7 Å². The highest BCUT2D eigenvalue weighted by Gasteiger charge is 2.32. The third-order valence-electron chi connectivity index (χ3n) is 9.30. The SMILES string of the molecule is Cc1cc(-c2c(C)cc(OC(F)(F)F)cc2C)cc(C)c1CCCCCCCc1c(C)cc(-c2c(C)cc(OC(F)(F)F)cc2C)cc1C. The Kier molecular flexibility index (Phi) is 11.8. The first-order valence-electron chi connectivity index (χ1n) is 16.8. The van der Waals surface area contributed by atoms with Crippen molar-refractivity contribution in [1.29, 1.82) is 0 Å². The van der Waals surface area contributed by atoms with Crippen molar-refractivity contribution in [3.63, 3.8) is 0 Å². The molecule has 0 atom stereocenters. The molecule has 0 fully saturated rings. The van der Waals surface area contributed by atoms with Crippen LogP contribution in [0.1, 0.15) is 87.7 Å². The first-order valence-corrected chi connectivity index (χ1v) is 16.8. The zero-order chi connectivity index (χ0) is 36.3. The van der Waals surface area contributed by atoms with Gasteiger partial charge in [-0.3, -0.25) is 0 Å². The molecule has 0 unspecified atom stereocenters. The molecule has 0 spiro atoms. The van der Waals surface area contributed by atoms with E-state index in [4.69, 9.17) is 0 Å². The van der Waals surface area contributed by atoms with Gasteiger partial charge in [0.15, 0.2) is 0 Å². The fourth-order valence-corrected chi connectivity index (χ4v) is 7.34. The monoisotopic (exact) mass is 684 g/mol.